The normalized spacial score (nSPS) is 9.31. The van der Waals surface area contributed by atoms with Crippen molar-refractivity contribution < 1.29 is 18.7 Å². The van der Waals surface area contributed by atoms with Crippen LogP contribution in [0.1, 0.15) is 15.9 Å². The number of halogens is 2. The zero-order valence-corrected chi connectivity index (χ0v) is 6.21. The molecule has 0 radical (unpaired) electrons. The minimum atomic E-state index is -1.60. The molecule has 13 heavy (non-hydrogen) atoms. The average molecular weight is 183 g/mol. The van der Waals surface area contributed by atoms with Gasteiger partial charge in [0.2, 0.25) is 0 Å². The van der Waals surface area contributed by atoms with Crippen molar-refractivity contribution in [2.45, 2.75) is 0 Å². The highest BCUT2D eigenvalue weighted by Crippen LogP contribution is 2.14. The van der Waals surface area contributed by atoms with Crippen molar-refractivity contribution in [1.82, 2.24) is 0 Å². The molecule has 0 saturated heterocycles. The molecule has 0 unspecified atom stereocenters. The number of carboxylic acids is 1. The zero-order chi connectivity index (χ0) is 10.0. The fourth-order valence-corrected chi connectivity index (χ4v) is 0.826. The van der Waals surface area contributed by atoms with Gasteiger partial charge in [0.1, 0.15) is 11.9 Å². The maximum Gasteiger partial charge on any atom is 0.338 e. The van der Waals surface area contributed by atoms with Gasteiger partial charge in [-0.05, 0) is 12.1 Å². The van der Waals surface area contributed by atoms with Gasteiger partial charge in [-0.25, -0.2) is 13.6 Å². The first-order valence-corrected chi connectivity index (χ1v) is 3.18. The van der Waals surface area contributed by atoms with E-state index in [1.807, 2.05) is 0 Å². The third kappa shape index (κ3) is 1.62. The van der Waals surface area contributed by atoms with Gasteiger partial charge in [-0.2, -0.15) is 5.26 Å². The van der Waals surface area contributed by atoms with Crippen molar-refractivity contribution in [3.8, 4) is 6.07 Å². The third-order valence-electron chi connectivity index (χ3n) is 1.39. The molecule has 0 fully saturated rings. The van der Waals surface area contributed by atoms with Crippen LogP contribution >= 0.6 is 0 Å². The summed E-state index contributed by atoms with van der Waals surface area (Å²) in [6.07, 6.45) is 0. The molecule has 5 heteroatoms. The van der Waals surface area contributed by atoms with Crippen LogP contribution in [0.5, 0.6) is 0 Å². The Kier molecular flexibility index (Phi) is 2.24. The molecule has 66 valence electrons. The molecule has 1 aromatic rings. The molecule has 0 aliphatic heterocycles. The highest BCUT2D eigenvalue weighted by atomic mass is 19.1. The van der Waals surface area contributed by atoms with E-state index in [9.17, 15) is 13.6 Å². The van der Waals surface area contributed by atoms with Crippen molar-refractivity contribution in [2.24, 2.45) is 0 Å². The van der Waals surface area contributed by atoms with E-state index in [4.69, 9.17) is 10.4 Å². The lowest BCUT2D eigenvalue weighted by Gasteiger charge is -1.98. The zero-order valence-electron chi connectivity index (χ0n) is 6.21. The molecule has 0 aromatic heterocycles. The summed E-state index contributed by atoms with van der Waals surface area (Å²) in [5.74, 6) is -3.76. The van der Waals surface area contributed by atoms with Crippen LogP contribution in [-0.2, 0) is 0 Å². The van der Waals surface area contributed by atoms with Crippen molar-refractivity contribution in [3.05, 3.63) is 34.9 Å². The monoisotopic (exact) mass is 183 g/mol. The second kappa shape index (κ2) is 3.19. The van der Waals surface area contributed by atoms with E-state index in [0.29, 0.717) is 12.1 Å². The van der Waals surface area contributed by atoms with Crippen LogP contribution < -0.4 is 0 Å². The summed E-state index contributed by atoms with van der Waals surface area (Å²) >= 11 is 0. The summed E-state index contributed by atoms with van der Waals surface area (Å²) in [5.41, 5.74) is -1.45. The molecule has 0 spiro atoms. The van der Waals surface area contributed by atoms with Crippen LogP contribution in [0.2, 0.25) is 0 Å². The summed E-state index contributed by atoms with van der Waals surface area (Å²) in [4.78, 5) is 10.3. The molecule has 0 saturated carbocycles. The molecule has 1 N–H and O–H groups in total. The van der Waals surface area contributed by atoms with Crippen LogP contribution in [0.25, 0.3) is 0 Å². The van der Waals surface area contributed by atoms with Crippen LogP contribution in [0, 0.1) is 23.0 Å². The first-order valence-electron chi connectivity index (χ1n) is 3.18. The number of nitrogens with zero attached hydrogens (tertiary/aromatic N) is 1. The number of carbonyl (C=O) groups is 1. The standard InChI is InChI=1S/C8H3F2NO2/c9-5-1-4(3-11)7(10)6(2-5)8(12)13/h1-2H,(H,12,13). The number of benzene rings is 1. The second-order valence-corrected chi connectivity index (χ2v) is 2.23. The summed E-state index contributed by atoms with van der Waals surface area (Å²) in [6, 6.07) is 2.52. The van der Waals surface area contributed by atoms with Gasteiger partial charge in [-0.1, -0.05) is 0 Å². The number of rotatable bonds is 1. The molecular formula is C8H3F2NO2. The van der Waals surface area contributed by atoms with Crippen molar-refractivity contribution in [3.63, 3.8) is 0 Å². The van der Waals surface area contributed by atoms with Crippen LogP contribution in [0.3, 0.4) is 0 Å². The predicted octanol–water partition coefficient (Wildman–Crippen LogP) is 1.53. The number of nitriles is 1. The molecule has 0 aliphatic rings. The minimum Gasteiger partial charge on any atom is -0.478 e. The van der Waals surface area contributed by atoms with Gasteiger partial charge in [-0.15, -0.1) is 0 Å². The second-order valence-electron chi connectivity index (χ2n) is 2.23. The van der Waals surface area contributed by atoms with E-state index >= 15 is 0 Å². The van der Waals surface area contributed by atoms with E-state index < -0.39 is 28.7 Å². The van der Waals surface area contributed by atoms with Crippen molar-refractivity contribution >= 4 is 5.97 Å². The average Bonchev–Trinajstić information content (AvgIpc) is 2.08. The van der Waals surface area contributed by atoms with Crippen LogP contribution in [0.4, 0.5) is 8.78 Å². The molecule has 0 heterocycles. The number of aromatic carboxylic acids is 1. The summed E-state index contributed by atoms with van der Waals surface area (Å²) in [6.45, 7) is 0. The van der Waals surface area contributed by atoms with E-state index in [0.717, 1.165) is 0 Å². The fourth-order valence-electron chi connectivity index (χ4n) is 0.826. The molecule has 0 atom stereocenters. The number of carboxylic acid groups (broad SMARTS) is 1. The molecule has 0 amide bonds. The summed E-state index contributed by atoms with van der Waals surface area (Å²) in [5, 5.41) is 16.7. The largest absolute Gasteiger partial charge is 0.478 e. The van der Waals surface area contributed by atoms with Crippen molar-refractivity contribution in [1.29, 1.82) is 5.26 Å². The van der Waals surface area contributed by atoms with Gasteiger partial charge in [0.25, 0.3) is 0 Å². The molecular weight excluding hydrogens is 180 g/mol. The van der Waals surface area contributed by atoms with Crippen LogP contribution in [-0.4, -0.2) is 11.1 Å². The quantitative estimate of drug-likeness (QED) is 0.718. The summed E-state index contributed by atoms with van der Waals surface area (Å²) < 4.78 is 25.5. The Labute approximate surface area is 71.8 Å². The molecule has 0 aliphatic carbocycles. The lowest BCUT2D eigenvalue weighted by molar-refractivity contribution is 0.0691. The Hall–Kier alpha value is -1.96. The number of hydrogen-bond acceptors (Lipinski definition) is 2. The fraction of sp³-hybridized carbons (Fsp3) is 0. The smallest absolute Gasteiger partial charge is 0.338 e. The predicted molar refractivity (Wildman–Crippen MR) is 38.0 cm³/mol. The lowest BCUT2D eigenvalue weighted by Crippen LogP contribution is -2.03. The molecule has 1 aromatic carbocycles. The summed E-state index contributed by atoms with van der Waals surface area (Å²) in [7, 11) is 0. The number of hydrogen-bond donors (Lipinski definition) is 1. The molecule has 3 nitrogen and oxygen atoms in total. The van der Waals surface area contributed by atoms with E-state index in [-0.39, 0.29) is 0 Å². The SMILES string of the molecule is N#Cc1cc(F)cc(C(=O)O)c1F. The molecule has 1 rings (SSSR count). The maximum absolute atomic E-state index is 12.9. The minimum absolute atomic E-state index is 0.526. The first-order chi connectivity index (χ1) is 6.06. The Morgan fingerprint density at radius 2 is 2.08 bits per heavy atom. The van der Waals surface area contributed by atoms with Gasteiger partial charge < -0.3 is 5.11 Å². The van der Waals surface area contributed by atoms with E-state index in [1.54, 1.807) is 0 Å². The van der Waals surface area contributed by atoms with Gasteiger partial charge >= 0.3 is 5.97 Å². The topological polar surface area (TPSA) is 61.1 Å². The first kappa shape index (κ1) is 9.13. The highest BCUT2D eigenvalue weighted by molar-refractivity contribution is 5.88. The van der Waals surface area contributed by atoms with E-state index in [1.165, 1.54) is 6.07 Å². The third-order valence-corrected chi connectivity index (χ3v) is 1.39. The van der Waals surface area contributed by atoms with Gasteiger partial charge in [-0.3, -0.25) is 0 Å². The van der Waals surface area contributed by atoms with E-state index in [2.05, 4.69) is 0 Å². The Balaban J connectivity index is 3.47. The Bertz CT molecular complexity index is 409. The highest BCUT2D eigenvalue weighted by Gasteiger charge is 2.15. The Morgan fingerprint density at radius 1 is 1.46 bits per heavy atom. The van der Waals surface area contributed by atoms with Gasteiger partial charge in [0.05, 0.1) is 11.1 Å². The Morgan fingerprint density at radius 3 is 2.54 bits per heavy atom. The lowest BCUT2D eigenvalue weighted by atomic mass is 10.1. The van der Waals surface area contributed by atoms with Crippen LogP contribution in [0.15, 0.2) is 12.1 Å². The van der Waals surface area contributed by atoms with Gasteiger partial charge in [0, 0.05) is 0 Å². The maximum atomic E-state index is 12.9. The van der Waals surface area contributed by atoms with Gasteiger partial charge in [0.15, 0.2) is 5.82 Å². The van der Waals surface area contributed by atoms with Crippen molar-refractivity contribution in [2.75, 3.05) is 0 Å². The molecule has 0 bridgehead atoms.